The van der Waals surface area contributed by atoms with Crippen molar-refractivity contribution in [1.29, 1.82) is 0 Å². The summed E-state index contributed by atoms with van der Waals surface area (Å²) in [5, 5.41) is 96.8. The smallest absolute Gasteiger partial charge is 0.332 e. The molecule has 3 saturated heterocycles. The van der Waals surface area contributed by atoms with Crippen molar-refractivity contribution in [3.05, 3.63) is 0 Å². The molecule has 18 nitrogen and oxygen atoms in total. The average molecular weight is 658 g/mol. The summed E-state index contributed by atoms with van der Waals surface area (Å²) in [7, 11) is 0. The average Bonchev–Trinajstić information content (AvgIpc) is 2.99. The van der Waals surface area contributed by atoms with Gasteiger partial charge in [-0.25, -0.2) is 0 Å². The standard InChI is InChI=1S/C27H47NO17/c1-10(2)22-17(28-12(4)33)20(38)24(16(8-31)41-22)43-26-21(39)25(19(37)15(7-30)42-26)45-27(40-9-32)5-13(34)11(3)23(44-27)18(36)14(35)6-29/h9-11,13-26,29-31,34-39H,5-8H2,1-4H3,(H,28,33)/t11-,13-,14-,15?,16?,17?,18-,19+,20-,21?,22+,23?,24-,25+,26+,27+/m1/s1. The Morgan fingerprint density at radius 1 is 0.978 bits per heavy atom. The van der Waals surface area contributed by atoms with Gasteiger partial charge in [-0.3, -0.25) is 9.59 Å². The van der Waals surface area contributed by atoms with Gasteiger partial charge in [0, 0.05) is 12.8 Å². The van der Waals surface area contributed by atoms with Crippen molar-refractivity contribution in [3.63, 3.8) is 0 Å². The zero-order valence-electron chi connectivity index (χ0n) is 25.4. The van der Waals surface area contributed by atoms with E-state index in [0.29, 0.717) is 0 Å². The Kier molecular flexibility index (Phi) is 13.4. The molecule has 0 radical (unpaired) electrons. The number of hydrogen-bond donors (Lipinski definition) is 10. The van der Waals surface area contributed by atoms with Crippen LogP contribution in [0.1, 0.15) is 34.1 Å². The maximum Gasteiger partial charge on any atom is 0.332 e. The Hall–Kier alpha value is -1.62. The molecule has 3 heterocycles. The number of hydrogen-bond acceptors (Lipinski definition) is 17. The second-order valence-corrected chi connectivity index (χ2v) is 12.0. The molecular weight excluding hydrogens is 610 g/mol. The maximum atomic E-state index is 11.9. The molecule has 3 rings (SSSR count). The summed E-state index contributed by atoms with van der Waals surface area (Å²) in [6, 6.07) is -1.01. The Labute approximate surface area is 259 Å². The zero-order valence-corrected chi connectivity index (χ0v) is 25.4. The molecule has 3 aliphatic heterocycles. The predicted molar refractivity (Wildman–Crippen MR) is 145 cm³/mol. The van der Waals surface area contributed by atoms with E-state index in [0.717, 1.165) is 0 Å². The molecule has 3 fully saturated rings. The molecule has 5 unspecified atom stereocenters. The first kappa shape index (κ1) is 37.8. The lowest BCUT2D eigenvalue weighted by Crippen LogP contribution is -2.69. The Morgan fingerprint density at radius 2 is 1.62 bits per heavy atom. The summed E-state index contributed by atoms with van der Waals surface area (Å²) in [4.78, 5) is 23.5. The molecule has 0 bridgehead atoms. The Bertz CT molecular complexity index is 960. The van der Waals surface area contributed by atoms with Crippen LogP contribution >= 0.6 is 0 Å². The van der Waals surface area contributed by atoms with Gasteiger partial charge in [-0.2, -0.15) is 0 Å². The van der Waals surface area contributed by atoms with Crippen LogP contribution in [-0.2, 0) is 38.0 Å². The van der Waals surface area contributed by atoms with Gasteiger partial charge >= 0.3 is 5.97 Å². The fourth-order valence-electron chi connectivity index (χ4n) is 5.92. The normalized spacial score (nSPS) is 43.8. The van der Waals surface area contributed by atoms with E-state index in [1.165, 1.54) is 13.8 Å². The van der Waals surface area contributed by atoms with Crippen LogP contribution in [0.4, 0.5) is 0 Å². The van der Waals surface area contributed by atoms with Crippen LogP contribution in [0.25, 0.3) is 0 Å². The van der Waals surface area contributed by atoms with E-state index in [9.17, 15) is 55.5 Å². The number of amides is 1. The van der Waals surface area contributed by atoms with E-state index >= 15 is 0 Å². The summed E-state index contributed by atoms with van der Waals surface area (Å²) in [5.41, 5.74) is 0. The zero-order chi connectivity index (χ0) is 33.8. The molecule has 0 aliphatic carbocycles. The highest BCUT2D eigenvalue weighted by molar-refractivity contribution is 5.73. The monoisotopic (exact) mass is 657 g/mol. The number of carbonyl (C=O) groups is 2. The Balaban J connectivity index is 1.92. The van der Waals surface area contributed by atoms with Crippen molar-refractivity contribution in [2.75, 3.05) is 19.8 Å². The van der Waals surface area contributed by atoms with E-state index in [1.807, 2.05) is 0 Å². The highest BCUT2D eigenvalue weighted by atomic mass is 16.9. The van der Waals surface area contributed by atoms with Crippen molar-refractivity contribution in [1.82, 2.24) is 5.32 Å². The topological polar surface area (TPSA) is 284 Å². The molecule has 0 aromatic heterocycles. The minimum absolute atomic E-state index is 0.112. The molecule has 1 amide bonds. The highest BCUT2D eigenvalue weighted by Gasteiger charge is 2.57. The van der Waals surface area contributed by atoms with Crippen LogP contribution in [-0.4, -0.2) is 170 Å². The largest absolute Gasteiger partial charge is 0.410 e. The molecule has 10 N–H and O–H groups in total. The third-order valence-electron chi connectivity index (χ3n) is 8.44. The van der Waals surface area contributed by atoms with Gasteiger partial charge in [0.15, 0.2) is 6.29 Å². The molecule has 0 aromatic rings. The van der Waals surface area contributed by atoms with Gasteiger partial charge in [0.1, 0.15) is 54.9 Å². The molecule has 3 aliphatic rings. The minimum Gasteiger partial charge on any atom is -0.410 e. The van der Waals surface area contributed by atoms with Crippen molar-refractivity contribution in [3.8, 4) is 0 Å². The molecule has 262 valence electrons. The molecule has 45 heavy (non-hydrogen) atoms. The lowest BCUT2D eigenvalue weighted by molar-refractivity contribution is -0.447. The first-order chi connectivity index (χ1) is 21.1. The molecule has 0 spiro atoms. The van der Waals surface area contributed by atoms with Crippen molar-refractivity contribution in [2.45, 2.75) is 126 Å². The van der Waals surface area contributed by atoms with E-state index in [-0.39, 0.29) is 12.4 Å². The van der Waals surface area contributed by atoms with Crippen LogP contribution in [0.15, 0.2) is 0 Å². The van der Waals surface area contributed by atoms with Crippen molar-refractivity contribution >= 4 is 12.4 Å². The summed E-state index contributed by atoms with van der Waals surface area (Å²) in [6.07, 6.45) is -20.9. The number of aliphatic hydroxyl groups is 9. The molecule has 0 saturated carbocycles. The van der Waals surface area contributed by atoms with Crippen LogP contribution in [0.3, 0.4) is 0 Å². The number of carbonyl (C=O) groups excluding carboxylic acids is 2. The number of nitrogens with one attached hydrogen (secondary N) is 1. The first-order valence-corrected chi connectivity index (χ1v) is 14.8. The van der Waals surface area contributed by atoms with E-state index < -0.39 is 130 Å². The quantitative estimate of drug-likeness (QED) is 0.0654. The van der Waals surface area contributed by atoms with Crippen molar-refractivity contribution in [2.24, 2.45) is 11.8 Å². The maximum absolute atomic E-state index is 11.9. The number of rotatable bonds is 13. The summed E-state index contributed by atoms with van der Waals surface area (Å²) in [5.74, 6) is -4.18. The van der Waals surface area contributed by atoms with Gasteiger partial charge in [-0.1, -0.05) is 20.8 Å². The van der Waals surface area contributed by atoms with Gasteiger partial charge in [-0.05, 0) is 5.92 Å². The molecule has 0 aromatic carbocycles. The summed E-state index contributed by atoms with van der Waals surface area (Å²) in [6.45, 7) is 3.74. The van der Waals surface area contributed by atoms with E-state index in [4.69, 9.17) is 28.4 Å². The van der Waals surface area contributed by atoms with Crippen molar-refractivity contribution < 1.29 is 84.0 Å². The van der Waals surface area contributed by atoms with Gasteiger partial charge in [0.05, 0.1) is 50.6 Å². The van der Waals surface area contributed by atoms with Gasteiger partial charge in [0.2, 0.25) is 5.91 Å². The van der Waals surface area contributed by atoms with Crippen LogP contribution in [0.5, 0.6) is 0 Å². The molecule has 16 atom stereocenters. The number of aliphatic hydroxyl groups excluding tert-OH is 9. The van der Waals surface area contributed by atoms with Crippen LogP contribution in [0.2, 0.25) is 0 Å². The van der Waals surface area contributed by atoms with Crippen LogP contribution < -0.4 is 5.32 Å². The first-order valence-electron chi connectivity index (χ1n) is 14.8. The predicted octanol–water partition coefficient (Wildman–Crippen LogP) is -5.20. The fraction of sp³-hybridized carbons (Fsp3) is 0.926. The SMILES string of the molecule is CC(=O)NC1[C@H](C(C)C)OC(CO)[C@@H](O[C@@H]2OC(CO)[C@H](O)[C@H](O[C@]3(OC=O)C[C@@H](O)[C@@H](C)C([C@H](O)[C@H](O)CO)O3)C2O)[C@@H]1O. The summed E-state index contributed by atoms with van der Waals surface area (Å²) < 4.78 is 33.9. The molecular formula is C27H47NO17. The Morgan fingerprint density at radius 3 is 2.16 bits per heavy atom. The number of ether oxygens (including phenoxy) is 6. The third-order valence-corrected chi connectivity index (χ3v) is 8.44. The second-order valence-electron chi connectivity index (χ2n) is 12.0. The van der Waals surface area contributed by atoms with E-state index in [2.05, 4.69) is 5.32 Å². The second kappa shape index (κ2) is 16.0. The highest BCUT2D eigenvalue weighted by Crippen LogP contribution is 2.40. The van der Waals surface area contributed by atoms with Gasteiger partial charge in [0.25, 0.3) is 6.47 Å². The van der Waals surface area contributed by atoms with Gasteiger partial charge in [-0.15, -0.1) is 0 Å². The third kappa shape index (κ3) is 8.28. The van der Waals surface area contributed by atoms with Gasteiger partial charge < -0.3 is 79.7 Å². The lowest BCUT2D eigenvalue weighted by Gasteiger charge is -2.51. The molecule has 18 heteroatoms. The fourth-order valence-corrected chi connectivity index (χ4v) is 5.92. The summed E-state index contributed by atoms with van der Waals surface area (Å²) >= 11 is 0. The van der Waals surface area contributed by atoms with E-state index in [1.54, 1.807) is 13.8 Å². The minimum atomic E-state index is -2.58. The van der Waals surface area contributed by atoms with Crippen LogP contribution in [0, 0.1) is 11.8 Å². The lowest BCUT2D eigenvalue weighted by atomic mass is 9.86.